The maximum absolute atomic E-state index is 11.6. The fraction of sp³-hybridized carbons (Fsp3) is 0.0833. The van der Waals surface area contributed by atoms with E-state index in [9.17, 15) is 9.90 Å². The van der Waals surface area contributed by atoms with Crippen LogP contribution < -0.4 is 5.32 Å². The normalized spacial score (nSPS) is 9.88. The van der Waals surface area contributed by atoms with Crippen LogP contribution in [0.25, 0.3) is 0 Å². The molecule has 0 bridgehead atoms. The lowest BCUT2D eigenvalue weighted by Gasteiger charge is -2.05. The van der Waals surface area contributed by atoms with Crippen LogP contribution in [0.1, 0.15) is 16.1 Å². The third kappa shape index (κ3) is 2.78. The molecule has 0 atom stereocenters. The zero-order chi connectivity index (χ0) is 12.1. The topological polar surface area (TPSA) is 75.1 Å². The van der Waals surface area contributed by atoms with Crippen molar-refractivity contribution in [2.45, 2.75) is 6.54 Å². The summed E-state index contributed by atoms with van der Waals surface area (Å²) in [6.45, 7) is 0.252. The highest BCUT2D eigenvalue weighted by molar-refractivity contribution is 5.91. The average molecular weight is 229 g/mol. The molecule has 1 heterocycles. The van der Waals surface area contributed by atoms with Crippen LogP contribution in [0.4, 0.5) is 0 Å². The maximum atomic E-state index is 11.6. The Labute approximate surface area is 98.2 Å². The molecule has 2 rings (SSSR count). The van der Waals surface area contributed by atoms with Gasteiger partial charge in [-0.05, 0) is 6.07 Å². The first-order valence-electron chi connectivity index (χ1n) is 5.08. The van der Waals surface area contributed by atoms with Gasteiger partial charge in [-0.3, -0.25) is 9.78 Å². The third-order valence-corrected chi connectivity index (χ3v) is 2.23. The smallest absolute Gasteiger partial charge is 0.271 e. The molecule has 0 radical (unpaired) electrons. The Bertz CT molecular complexity index is 514. The lowest BCUT2D eigenvalue weighted by molar-refractivity contribution is 0.0945. The molecule has 5 heteroatoms. The Balaban J connectivity index is 2.00. The van der Waals surface area contributed by atoms with Crippen molar-refractivity contribution in [1.82, 2.24) is 15.3 Å². The van der Waals surface area contributed by atoms with E-state index in [1.165, 1.54) is 18.6 Å². The summed E-state index contributed by atoms with van der Waals surface area (Å²) in [6.07, 6.45) is 4.34. The van der Waals surface area contributed by atoms with Gasteiger partial charge in [-0.15, -0.1) is 0 Å². The van der Waals surface area contributed by atoms with Gasteiger partial charge in [-0.25, -0.2) is 4.98 Å². The Morgan fingerprint density at radius 1 is 1.29 bits per heavy atom. The predicted molar refractivity (Wildman–Crippen MR) is 61.3 cm³/mol. The van der Waals surface area contributed by atoms with E-state index in [2.05, 4.69) is 15.3 Å². The number of phenols is 1. The number of amides is 1. The molecule has 0 fully saturated rings. The molecule has 0 aliphatic rings. The summed E-state index contributed by atoms with van der Waals surface area (Å²) in [6, 6.07) is 6.84. The molecule has 2 aromatic rings. The van der Waals surface area contributed by atoms with Crippen molar-refractivity contribution in [2.75, 3.05) is 0 Å². The molecule has 0 aliphatic heterocycles. The summed E-state index contributed by atoms with van der Waals surface area (Å²) in [5.74, 6) is -0.159. The van der Waals surface area contributed by atoms with E-state index in [-0.39, 0.29) is 23.9 Å². The monoisotopic (exact) mass is 229 g/mol. The molecule has 1 aromatic carbocycles. The second-order valence-electron chi connectivity index (χ2n) is 3.40. The summed E-state index contributed by atoms with van der Waals surface area (Å²) in [4.78, 5) is 19.3. The van der Waals surface area contributed by atoms with Gasteiger partial charge in [0.05, 0.1) is 6.20 Å². The van der Waals surface area contributed by atoms with Crippen molar-refractivity contribution >= 4 is 5.91 Å². The van der Waals surface area contributed by atoms with Crippen molar-refractivity contribution in [2.24, 2.45) is 0 Å². The van der Waals surface area contributed by atoms with Gasteiger partial charge in [-0.2, -0.15) is 0 Å². The summed E-state index contributed by atoms with van der Waals surface area (Å²) >= 11 is 0. The van der Waals surface area contributed by atoms with Gasteiger partial charge in [0.2, 0.25) is 0 Å². The lowest BCUT2D eigenvalue weighted by Crippen LogP contribution is -2.23. The fourth-order valence-corrected chi connectivity index (χ4v) is 1.34. The maximum Gasteiger partial charge on any atom is 0.271 e. The van der Waals surface area contributed by atoms with Crippen LogP contribution in [0.2, 0.25) is 0 Å². The van der Waals surface area contributed by atoms with Gasteiger partial charge in [0.1, 0.15) is 11.4 Å². The van der Waals surface area contributed by atoms with Gasteiger partial charge >= 0.3 is 0 Å². The number of carbonyl (C=O) groups excluding carboxylic acids is 1. The minimum Gasteiger partial charge on any atom is -0.508 e. The predicted octanol–water partition coefficient (Wildman–Crippen LogP) is 1.11. The van der Waals surface area contributed by atoms with E-state index in [4.69, 9.17) is 0 Å². The zero-order valence-electron chi connectivity index (χ0n) is 9.00. The highest BCUT2D eigenvalue weighted by Crippen LogP contribution is 2.14. The van der Waals surface area contributed by atoms with E-state index in [1.807, 2.05) is 0 Å². The van der Waals surface area contributed by atoms with Gasteiger partial charge < -0.3 is 10.4 Å². The molecule has 1 amide bonds. The minimum absolute atomic E-state index is 0.159. The molecule has 0 aliphatic carbocycles. The van der Waals surface area contributed by atoms with Gasteiger partial charge in [0.25, 0.3) is 5.91 Å². The van der Waals surface area contributed by atoms with Crippen molar-refractivity contribution in [3.63, 3.8) is 0 Å². The van der Waals surface area contributed by atoms with E-state index < -0.39 is 0 Å². The van der Waals surface area contributed by atoms with Crippen molar-refractivity contribution in [3.05, 3.63) is 54.1 Å². The molecule has 0 saturated carbocycles. The summed E-state index contributed by atoms with van der Waals surface area (Å²) in [7, 11) is 0. The molecule has 0 saturated heterocycles. The van der Waals surface area contributed by atoms with Crippen LogP contribution in [-0.4, -0.2) is 21.0 Å². The van der Waals surface area contributed by atoms with Gasteiger partial charge in [0.15, 0.2) is 0 Å². The summed E-state index contributed by atoms with van der Waals surface area (Å²) < 4.78 is 0. The first-order chi connectivity index (χ1) is 8.27. The number of nitrogens with one attached hydrogen (secondary N) is 1. The highest BCUT2D eigenvalue weighted by Gasteiger charge is 2.07. The molecule has 0 spiro atoms. The minimum atomic E-state index is -0.318. The molecular formula is C12H11N3O2. The molecule has 17 heavy (non-hydrogen) atoms. The van der Waals surface area contributed by atoms with Gasteiger partial charge in [0, 0.05) is 24.5 Å². The van der Waals surface area contributed by atoms with E-state index >= 15 is 0 Å². The van der Waals surface area contributed by atoms with Crippen LogP contribution in [0.3, 0.4) is 0 Å². The number of aromatic hydroxyl groups is 1. The number of benzene rings is 1. The number of phenolic OH excluding ortho intramolecular Hbond substituents is 1. The average Bonchev–Trinajstić information content (AvgIpc) is 2.38. The second-order valence-corrected chi connectivity index (χ2v) is 3.40. The Kier molecular flexibility index (Phi) is 3.30. The number of carbonyl (C=O) groups is 1. The number of hydrogen-bond donors (Lipinski definition) is 2. The van der Waals surface area contributed by atoms with E-state index in [1.54, 1.807) is 24.3 Å². The number of rotatable bonds is 3. The standard InChI is InChI=1S/C12H11N3O2/c16-11-4-2-1-3-9(11)7-15-12(17)10-8-13-5-6-14-10/h1-6,8,16H,7H2,(H,15,17). The van der Waals surface area contributed by atoms with E-state index in [0.29, 0.717) is 5.56 Å². The van der Waals surface area contributed by atoms with Crippen LogP contribution in [0.15, 0.2) is 42.9 Å². The first kappa shape index (κ1) is 11.1. The van der Waals surface area contributed by atoms with Crippen LogP contribution in [-0.2, 0) is 6.54 Å². The van der Waals surface area contributed by atoms with E-state index in [0.717, 1.165) is 0 Å². The fourth-order valence-electron chi connectivity index (χ4n) is 1.34. The van der Waals surface area contributed by atoms with Crippen molar-refractivity contribution in [1.29, 1.82) is 0 Å². The second kappa shape index (κ2) is 5.07. The van der Waals surface area contributed by atoms with Crippen LogP contribution in [0, 0.1) is 0 Å². The zero-order valence-corrected chi connectivity index (χ0v) is 9.00. The lowest BCUT2D eigenvalue weighted by atomic mass is 10.2. The third-order valence-electron chi connectivity index (χ3n) is 2.23. The molecule has 5 nitrogen and oxygen atoms in total. The molecule has 1 aromatic heterocycles. The SMILES string of the molecule is O=C(NCc1ccccc1O)c1cnccn1. The molecular weight excluding hydrogens is 218 g/mol. The van der Waals surface area contributed by atoms with Crippen LogP contribution in [0.5, 0.6) is 5.75 Å². The largest absolute Gasteiger partial charge is 0.508 e. The Morgan fingerprint density at radius 3 is 2.82 bits per heavy atom. The number of aromatic nitrogens is 2. The molecule has 2 N–H and O–H groups in total. The quantitative estimate of drug-likeness (QED) is 0.826. The van der Waals surface area contributed by atoms with Crippen molar-refractivity contribution < 1.29 is 9.90 Å². The Morgan fingerprint density at radius 2 is 2.12 bits per heavy atom. The first-order valence-corrected chi connectivity index (χ1v) is 5.08. The van der Waals surface area contributed by atoms with Crippen molar-refractivity contribution in [3.8, 4) is 5.75 Å². The molecule has 86 valence electrons. The number of nitrogens with zero attached hydrogens (tertiary/aromatic N) is 2. The Hall–Kier alpha value is -2.43. The molecule has 0 unspecified atom stereocenters. The number of para-hydroxylation sites is 1. The van der Waals surface area contributed by atoms with Gasteiger partial charge in [-0.1, -0.05) is 18.2 Å². The summed E-state index contributed by atoms with van der Waals surface area (Å²) in [5.41, 5.74) is 0.910. The van der Waals surface area contributed by atoms with Crippen LogP contribution >= 0.6 is 0 Å². The number of hydrogen-bond acceptors (Lipinski definition) is 4. The summed E-state index contributed by atoms with van der Waals surface area (Å²) in [5, 5.41) is 12.2. The highest BCUT2D eigenvalue weighted by atomic mass is 16.3.